The summed E-state index contributed by atoms with van der Waals surface area (Å²) in [6.07, 6.45) is 3.01. The fourth-order valence-electron chi connectivity index (χ4n) is 1.95. The minimum Gasteiger partial charge on any atom is -0.290 e. The van der Waals surface area contributed by atoms with Crippen molar-refractivity contribution in [3.63, 3.8) is 0 Å². The maximum atomic E-state index is 12.1. The van der Waals surface area contributed by atoms with Crippen molar-refractivity contribution in [2.45, 2.75) is 25.7 Å². The molecule has 0 radical (unpaired) electrons. The molecule has 0 saturated heterocycles. The Hall–Kier alpha value is -2.21. The van der Waals surface area contributed by atoms with Crippen LogP contribution in [0.25, 0.3) is 0 Å². The van der Waals surface area contributed by atoms with Crippen molar-refractivity contribution in [2.75, 3.05) is 0 Å². The van der Waals surface area contributed by atoms with Gasteiger partial charge in [0.2, 0.25) is 0 Å². The molecule has 1 aromatic carbocycles. The van der Waals surface area contributed by atoms with Crippen molar-refractivity contribution in [1.29, 1.82) is 0 Å². The molecule has 0 spiro atoms. The number of hydrogen-bond donors (Lipinski definition) is 0. The van der Waals surface area contributed by atoms with E-state index in [1.807, 2.05) is 13.8 Å². The molecule has 0 saturated carbocycles. The Labute approximate surface area is 130 Å². The van der Waals surface area contributed by atoms with Gasteiger partial charge >= 0.3 is 10.1 Å². The number of hydrogen-bond acceptors (Lipinski definition) is 5. The smallest absolute Gasteiger partial charge is 0.290 e. The summed E-state index contributed by atoms with van der Waals surface area (Å²) in [4.78, 5) is 11.7. The molecule has 0 atom stereocenters. The summed E-state index contributed by atoms with van der Waals surface area (Å²) in [5.41, 5.74) is 1.49. The zero-order valence-corrected chi connectivity index (χ0v) is 13.4. The van der Waals surface area contributed by atoms with E-state index >= 15 is 0 Å². The molecule has 1 aliphatic carbocycles. The molecule has 0 aliphatic heterocycles. The van der Waals surface area contributed by atoms with Crippen molar-refractivity contribution >= 4 is 21.6 Å². The van der Waals surface area contributed by atoms with Crippen LogP contribution in [0.3, 0.4) is 0 Å². The first kappa shape index (κ1) is 16.2. The minimum absolute atomic E-state index is 0.0232. The van der Waals surface area contributed by atoms with E-state index in [-0.39, 0.29) is 16.6 Å². The van der Waals surface area contributed by atoms with E-state index in [0.717, 1.165) is 0 Å². The summed E-state index contributed by atoms with van der Waals surface area (Å²) in [7, 11) is -3.97. The van der Waals surface area contributed by atoms with E-state index in [1.165, 1.54) is 24.3 Å². The molecule has 1 aromatic rings. The highest BCUT2D eigenvalue weighted by molar-refractivity contribution is 7.86. The summed E-state index contributed by atoms with van der Waals surface area (Å²) >= 11 is 0. The fraction of sp³-hybridized carbons (Fsp3) is 0.250. The van der Waals surface area contributed by atoms with Gasteiger partial charge in [0.1, 0.15) is 10.6 Å². The first-order valence-electron chi connectivity index (χ1n) is 6.82. The van der Waals surface area contributed by atoms with E-state index < -0.39 is 10.1 Å². The van der Waals surface area contributed by atoms with Gasteiger partial charge < -0.3 is 0 Å². The molecule has 6 heteroatoms. The highest BCUT2D eigenvalue weighted by Crippen LogP contribution is 2.21. The quantitative estimate of drug-likeness (QED) is 0.632. The molecule has 0 aromatic heterocycles. The molecule has 0 heterocycles. The summed E-state index contributed by atoms with van der Waals surface area (Å²) < 4.78 is 28.9. The second-order valence-corrected chi connectivity index (χ2v) is 6.79. The lowest BCUT2D eigenvalue weighted by molar-refractivity contribution is -0.111. The summed E-state index contributed by atoms with van der Waals surface area (Å²) in [5.74, 6) is -0.0800. The highest BCUT2D eigenvalue weighted by Gasteiger charge is 2.21. The van der Waals surface area contributed by atoms with Gasteiger partial charge in [-0.05, 0) is 48.3 Å². The number of carbonyl (C=O) groups excluding carboxylic acids is 1. The van der Waals surface area contributed by atoms with E-state index in [9.17, 15) is 13.2 Å². The monoisotopic (exact) mass is 319 g/mol. The molecule has 5 nitrogen and oxygen atoms in total. The Bertz CT molecular complexity index is 772. The average Bonchev–Trinajstić information content (AvgIpc) is 2.49. The third kappa shape index (κ3) is 3.51. The first-order chi connectivity index (χ1) is 10.3. The van der Waals surface area contributed by atoms with Crippen LogP contribution in [0.15, 0.2) is 63.7 Å². The van der Waals surface area contributed by atoms with Crippen molar-refractivity contribution < 1.29 is 17.5 Å². The number of ketones is 1. The molecule has 22 heavy (non-hydrogen) atoms. The Morgan fingerprint density at radius 2 is 1.73 bits per heavy atom. The zero-order valence-electron chi connectivity index (χ0n) is 12.6. The van der Waals surface area contributed by atoms with Crippen molar-refractivity contribution in [1.82, 2.24) is 0 Å². The largest absolute Gasteiger partial charge is 0.358 e. The standard InChI is InChI=1S/C16H17NO4S/c1-11(2)14-10-16(18)12(3)9-15(14)17-21-22(19,20)13-7-5-4-6-8-13/h4-11H,1-3H3/b17-15-. The van der Waals surface area contributed by atoms with Gasteiger partial charge in [-0.1, -0.05) is 37.2 Å². The lowest BCUT2D eigenvalue weighted by Crippen LogP contribution is -2.16. The van der Waals surface area contributed by atoms with Gasteiger partial charge in [-0.3, -0.25) is 9.08 Å². The fourth-order valence-corrected chi connectivity index (χ4v) is 2.70. The molecular formula is C16H17NO4S. The number of benzene rings is 1. The van der Waals surface area contributed by atoms with Crippen LogP contribution < -0.4 is 0 Å². The van der Waals surface area contributed by atoms with Crippen LogP contribution in [-0.2, 0) is 19.2 Å². The molecule has 2 rings (SSSR count). The molecule has 0 fully saturated rings. The molecule has 1 aliphatic rings. The van der Waals surface area contributed by atoms with E-state index in [2.05, 4.69) is 5.16 Å². The molecule has 0 unspecified atom stereocenters. The molecule has 0 amide bonds. The maximum absolute atomic E-state index is 12.1. The number of rotatable bonds is 4. The summed E-state index contributed by atoms with van der Waals surface area (Å²) in [5, 5.41) is 3.75. The van der Waals surface area contributed by atoms with E-state index in [4.69, 9.17) is 4.28 Å². The number of carbonyl (C=O) groups is 1. The molecule has 116 valence electrons. The minimum atomic E-state index is -3.97. The Morgan fingerprint density at radius 3 is 2.32 bits per heavy atom. The summed E-state index contributed by atoms with van der Waals surface area (Å²) in [6.45, 7) is 5.45. The van der Waals surface area contributed by atoms with Crippen LogP contribution in [0.5, 0.6) is 0 Å². The third-order valence-electron chi connectivity index (χ3n) is 3.21. The van der Waals surface area contributed by atoms with Gasteiger partial charge in [0.05, 0.1) is 0 Å². The SMILES string of the molecule is CC1=C/C(=N/OS(=O)(=O)c2ccccc2)C(C(C)C)=CC1=O. The van der Waals surface area contributed by atoms with Crippen LogP contribution in [0.1, 0.15) is 20.8 Å². The van der Waals surface area contributed by atoms with Crippen LogP contribution >= 0.6 is 0 Å². The van der Waals surface area contributed by atoms with E-state index in [0.29, 0.717) is 16.9 Å². The zero-order chi connectivity index (χ0) is 16.3. The van der Waals surface area contributed by atoms with Gasteiger partial charge in [-0.2, -0.15) is 8.42 Å². The van der Waals surface area contributed by atoms with Crippen LogP contribution in [0.4, 0.5) is 0 Å². The maximum Gasteiger partial charge on any atom is 0.358 e. The van der Waals surface area contributed by atoms with Gasteiger partial charge in [0, 0.05) is 0 Å². The number of oxime groups is 1. The Morgan fingerprint density at radius 1 is 1.09 bits per heavy atom. The van der Waals surface area contributed by atoms with Crippen LogP contribution in [0.2, 0.25) is 0 Å². The predicted octanol–water partition coefficient (Wildman–Crippen LogP) is 2.86. The second-order valence-electron chi connectivity index (χ2n) is 5.26. The Balaban J connectivity index is 2.32. The molecule has 0 N–H and O–H groups in total. The lowest BCUT2D eigenvalue weighted by atomic mass is 9.90. The third-order valence-corrected chi connectivity index (χ3v) is 4.33. The number of allylic oxidation sites excluding steroid dienone is 4. The van der Waals surface area contributed by atoms with Crippen LogP contribution in [0, 0.1) is 5.92 Å². The molecular weight excluding hydrogens is 302 g/mol. The predicted molar refractivity (Wildman–Crippen MR) is 83.8 cm³/mol. The van der Waals surface area contributed by atoms with Crippen LogP contribution in [-0.4, -0.2) is 19.9 Å². The van der Waals surface area contributed by atoms with Gasteiger partial charge in [-0.25, -0.2) is 0 Å². The van der Waals surface area contributed by atoms with Crippen molar-refractivity contribution in [2.24, 2.45) is 11.1 Å². The molecule has 0 bridgehead atoms. The Kier molecular flexibility index (Phi) is 4.61. The average molecular weight is 319 g/mol. The van der Waals surface area contributed by atoms with Gasteiger partial charge in [0.25, 0.3) is 0 Å². The van der Waals surface area contributed by atoms with Crippen molar-refractivity contribution in [3.8, 4) is 0 Å². The van der Waals surface area contributed by atoms with E-state index in [1.54, 1.807) is 25.1 Å². The first-order valence-corrected chi connectivity index (χ1v) is 8.23. The topological polar surface area (TPSA) is 72.8 Å². The lowest BCUT2D eigenvalue weighted by Gasteiger charge is -2.15. The van der Waals surface area contributed by atoms with Gasteiger partial charge in [-0.15, -0.1) is 0 Å². The van der Waals surface area contributed by atoms with Gasteiger partial charge in [0.15, 0.2) is 5.78 Å². The normalized spacial score (nSPS) is 17.5. The number of nitrogens with zero attached hydrogens (tertiary/aromatic N) is 1. The second kappa shape index (κ2) is 6.27. The van der Waals surface area contributed by atoms with Crippen molar-refractivity contribution in [3.05, 3.63) is 53.6 Å². The summed E-state index contributed by atoms with van der Waals surface area (Å²) in [6, 6.07) is 7.78. The highest BCUT2D eigenvalue weighted by atomic mass is 32.2.